The summed E-state index contributed by atoms with van der Waals surface area (Å²) in [5, 5.41) is 0. The van der Waals surface area contributed by atoms with Gasteiger partial charge in [0, 0.05) is 0 Å². The van der Waals surface area contributed by atoms with E-state index in [9.17, 15) is 8.78 Å². The highest BCUT2D eigenvalue weighted by Crippen LogP contribution is 2.29. The van der Waals surface area contributed by atoms with Crippen molar-refractivity contribution < 1.29 is 8.78 Å². The smallest absolute Gasteiger partial charge is 0.162 e. The van der Waals surface area contributed by atoms with E-state index in [4.69, 9.17) is 0 Å². The Morgan fingerprint density at radius 2 is 1.86 bits per heavy atom. The van der Waals surface area contributed by atoms with Gasteiger partial charge in [-0.3, -0.25) is 0 Å². The molecule has 0 atom stereocenters. The number of rotatable bonds is 0. The number of hydrogen-bond acceptors (Lipinski definition) is 0. The molecule has 0 saturated heterocycles. The molecule has 0 spiro atoms. The third-order valence-electron chi connectivity index (χ3n) is 2.79. The third-order valence-corrected chi connectivity index (χ3v) is 2.79. The van der Waals surface area contributed by atoms with Gasteiger partial charge in [-0.25, -0.2) is 8.78 Å². The molecule has 2 rings (SSSR count). The van der Waals surface area contributed by atoms with Crippen molar-refractivity contribution in [2.75, 3.05) is 0 Å². The molecule has 14 heavy (non-hydrogen) atoms. The van der Waals surface area contributed by atoms with Crippen LogP contribution in [0.2, 0.25) is 0 Å². The van der Waals surface area contributed by atoms with E-state index >= 15 is 0 Å². The first-order valence-corrected chi connectivity index (χ1v) is 4.74. The number of hydrogen-bond donors (Lipinski definition) is 0. The Hall–Kier alpha value is -1.18. The van der Waals surface area contributed by atoms with E-state index < -0.39 is 11.6 Å². The predicted molar refractivity (Wildman–Crippen MR) is 53.1 cm³/mol. The number of allylic oxidation sites excluding steroid dienone is 1. The van der Waals surface area contributed by atoms with E-state index in [1.807, 2.05) is 13.0 Å². The summed E-state index contributed by atoms with van der Waals surface area (Å²) < 4.78 is 26.3. The van der Waals surface area contributed by atoms with Crippen LogP contribution in [0.4, 0.5) is 8.78 Å². The number of fused-ring (bicyclic) bond motifs is 1. The molecule has 0 bridgehead atoms. The van der Waals surface area contributed by atoms with Crippen LogP contribution < -0.4 is 0 Å². The minimum absolute atomic E-state index is 0.462. The SMILES string of the molecule is CC1=Cc2cc(F)c(F)c(C)c2CC1. The van der Waals surface area contributed by atoms with E-state index in [1.165, 1.54) is 11.6 Å². The Balaban J connectivity index is 2.67. The minimum Gasteiger partial charge on any atom is -0.204 e. The summed E-state index contributed by atoms with van der Waals surface area (Å²) in [6, 6.07) is 1.29. The van der Waals surface area contributed by atoms with Crippen LogP contribution in [0.5, 0.6) is 0 Å². The molecule has 0 heterocycles. The molecular weight excluding hydrogens is 182 g/mol. The van der Waals surface area contributed by atoms with Crippen LogP contribution in [-0.2, 0) is 6.42 Å². The summed E-state index contributed by atoms with van der Waals surface area (Å²) in [4.78, 5) is 0. The van der Waals surface area contributed by atoms with Gasteiger partial charge in [-0.2, -0.15) is 0 Å². The van der Waals surface area contributed by atoms with Crippen LogP contribution >= 0.6 is 0 Å². The van der Waals surface area contributed by atoms with Crippen molar-refractivity contribution in [1.29, 1.82) is 0 Å². The molecule has 0 nitrogen and oxygen atoms in total. The standard InChI is InChI=1S/C12H12F2/c1-7-3-4-10-8(2)12(14)11(13)6-9(10)5-7/h5-6H,3-4H2,1-2H3. The maximum atomic E-state index is 13.2. The zero-order valence-electron chi connectivity index (χ0n) is 8.32. The Kier molecular flexibility index (Phi) is 2.14. The van der Waals surface area contributed by atoms with Crippen molar-refractivity contribution in [2.45, 2.75) is 26.7 Å². The van der Waals surface area contributed by atoms with Crippen LogP contribution in [0.25, 0.3) is 6.08 Å². The molecule has 0 aromatic heterocycles. The van der Waals surface area contributed by atoms with Crippen molar-refractivity contribution in [3.8, 4) is 0 Å². The fourth-order valence-corrected chi connectivity index (χ4v) is 1.94. The average molecular weight is 194 g/mol. The highest BCUT2D eigenvalue weighted by molar-refractivity contribution is 5.61. The molecule has 74 valence electrons. The molecule has 0 amide bonds. The first kappa shape index (κ1) is 9.38. The van der Waals surface area contributed by atoms with Gasteiger partial charge in [0.2, 0.25) is 0 Å². The minimum atomic E-state index is -0.743. The van der Waals surface area contributed by atoms with Crippen molar-refractivity contribution in [2.24, 2.45) is 0 Å². The van der Waals surface area contributed by atoms with E-state index in [2.05, 4.69) is 0 Å². The topological polar surface area (TPSA) is 0 Å². The Morgan fingerprint density at radius 1 is 1.14 bits per heavy atom. The number of halogens is 2. The van der Waals surface area contributed by atoms with Crippen molar-refractivity contribution in [1.82, 2.24) is 0 Å². The quantitative estimate of drug-likeness (QED) is 0.591. The lowest BCUT2D eigenvalue weighted by molar-refractivity contribution is 0.500. The van der Waals surface area contributed by atoms with Gasteiger partial charge in [-0.1, -0.05) is 11.6 Å². The zero-order valence-corrected chi connectivity index (χ0v) is 8.32. The van der Waals surface area contributed by atoms with Crippen LogP contribution in [0.15, 0.2) is 11.6 Å². The van der Waals surface area contributed by atoms with Gasteiger partial charge in [0.25, 0.3) is 0 Å². The molecule has 1 aromatic carbocycles. The zero-order chi connectivity index (χ0) is 10.3. The molecule has 2 heteroatoms. The largest absolute Gasteiger partial charge is 0.204 e. The highest BCUT2D eigenvalue weighted by atomic mass is 19.2. The summed E-state index contributed by atoms with van der Waals surface area (Å²) in [5.41, 5.74) is 3.48. The number of benzene rings is 1. The van der Waals surface area contributed by atoms with Gasteiger partial charge >= 0.3 is 0 Å². The van der Waals surface area contributed by atoms with Gasteiger partial charge in [-0.15, -0.1) is 0 Å². The molecule has 0 saturated carbocycles. The van der Waals surface area contributed by atoms with E-state index in [0.717, 1.165) is 24.0 Å². The monoisotopic (exact) mass is 194 g/mol. The molecule has 1 aliphatic rings. The summed E-state index contributed by atoms with van der Waals surface area (Å²) in [6.45, 7) is 3.66. The van der Waals surface area contributed by atoms with E-state index in [0.29, 0.717) is 5.56 Å². The Bertz CT molecular complexity index is 417. The molecule has 0 radical (unpaired) electrons. The molecule has 0 unspecified atom stereocenters. The normalized spacial score (nSPS) is 15.0. The second kappa shape index (κ2) is 3.19. The fourth-order valence-electron chi connectivity index (χ4n) is 1.94. The molecular formula is C12H12F2. The Morgan fingerprint density at radius 3 is 2.57 bits per heavy atom. The molecule has 0 aliphatic heterocycles. The van der Waals surface area contributed by atoms with Crippen LogP contribution in [0.1, 0.15) is 30.0 Å². The summed E-state index contributed by atoms with van der Waals surface area (Å²) >= 11 is 0. The van der Waals surface area contributed by atoms with Crippen LogP contribution in [0.3, 0.4) is 0 Å². The first-order valence-electron chi connectivity index (χ1n) is 4.74. The van der Waals surface area contributed by atoms with Gasteiger partial charge in [0.05, 0.1) is 0 Å². The average Bonchev–Trinajstić information content (AvgIpc) is 2.14. The highest BCUT2D eigenvalue weighted by Gasteiger charge is 2.16. The van der Waals surface area contributed by atoms with Crippen molar-refractivity contribution >= 4 is 6.08 Å². The van der Waals surface area contributed by atoms with Gasteiger partial charge < -0.3 is 0 Å². The van der Waals surface area contributed by atoms with Crippen molar-refractivity contribution in [3.63, 3.8) is 0 Å². The second-order valence-corrected chi connectivity index (χ2v) is 3.86. The Labute approximate surface area is 82.3 Å². The van der Waals surface area contributed by atoms with Gasteiger partial charge in [0.1, 0.15) is 0 Å². The molecule has 0 fully saturated rings. The third kappa shape index (κ3) is 1.35. The fraction of sp³-hybridized carbons (Fsp3) is 0.333. The lowest BCUT2D eigenvalue weighted by Gasteiger charge is -2.17. The predicted octanol–water partition coefficient (Wildman–Crippen LogP) is 3.62. The lowest BCUT2D eigenvalue weighted by Crippen LogP contribution is -2.04. The maximum absolute atomic E-state index is 13.2. The maximum Gasteiger partial charge on any atom is 0.162 e. The van der Waals surface area contributed by atoms with E-state index in [1.54, 1.807) is 6.92 Å². The van der Waals surface area contributed by atoms with Gasteiger partial charge in [-0.05, 0) is 49.4 Å². The molecule has 1 aromatic rings. The molecule has 0 N–H and O–H groups in total. The molecule has 1 aliphatic carbocycles. The summed E-state index contributed by atoms with van der Waals surface area (Å²) in [5.74, 6) is -1.44. The van der Waals surface area contributed by atoms with Gasteiger partial charge in [0.15, 0.2) is 11.6 Å². The summed E-state index contributed by atoms with van der Waals surface area (Å²) in [7, 11) is 0. The van der Waals surface area contributed by atoms with Crippen molar-refractivity contribution in [3.05, 3.63) is 40.0 Å². The van der Waals surface area contributed by atoms with Crippen LogP contribution in [-0.4, -0.2) is 0 Å². The second-order valence-electron chi connectivity index (χ2n) is 3.86. The summed E-state index contributed by atoms with van der Waals surface area (Å²) in [6.07, 6.45) is 3.70. The first-order chi connectivity index (χ1) is 6.59. The van der Waals surface area contributed by atoms with Crippen LogP contribution in [0, 0.1) is 18.6 Å². The van der Waals surface area contributed by atoms with E-state index in [-0.39, 0.29) is 0 Å². The lowest BCUT2D eigenvalue weighted by atomic mass is 9.89.